The first-order valence-electron chi connectivity index (χ1n) is 13.2. The second kappa shape index (κ2) is 8.86. The summed E-state index contributed by atoms with van der Waals surface area (Å²) in [4.78, 5) is 26.0. The molecule has 9 unspecified atom stereocenters. The molecule has 9 atom stereocenters. The molecule has 0 aromatic heterocycles. The smallest absolute Gasteiger partial charge is 0.338 e. The van der Waals surface area contributed by atoms with E-state index in [-0.39, 0.29) is 31.4 Å². The molecule has 1 aliphatic heterocycles. The first-order valence-corrected chi connectivity index (χ1v) is 13.2. The minimum atomic E-state index is -1.90. The van der Waals surface area contributed by atoms with Crippen molar-refractivity contribution in [3.63, 3.8) is 0 Å². The molecule has 0 radical (unpaired) electrons. The van der Waals surface area contributed by atoms with Gasteiger partial charge in [0.25, 0.3) is 0 Å². The minimum absolute atomic E-state index is 0.0134. The van der Waals surface area contributed by atoms with Gasteiger partial charge in [0, 0.05) is 30.6 Å². The van der Waals surface area contributed by atoms with Crippen LogP contribution in [0.15, 0.2) is 41.5 Å². The second-order valence-corrected chi connectivity index (χ2v) is 12.4. The Hall–Kier alpha value is -2.30. The fourth-order valence-electron chi connectivity index (χ4n) is 7.93. The number of hydrogen-bond donors (Lipinski definition) is 4. The van der Waals surface area contributed by atoms with Crippen molar-refractivity contribution in [3.05, 3.63) is 47.0 Å². The predicted molar refractivity (Wildman–Crippen MR) is 135 cm³/mol. The van der Waals surface area contributed by atoms with Crippen LogP contribution in [0.25, 0.3) is 0 Å². The molecular formula is C29H38O9. The Morgan fingerprint density at radius 3 is 2.26 bits per heavy atom. The molecule has 2 bridgehead atoms. The lowest BCUT2D eigenvalue weighted by Crippen LogP contribution is -2.80. The zero-order valence-corrected chi connectivity index (χ0v) is 22.5. The van der Waals surface area contributed by atoms with Crippen molar-refractivity contribution in [3.8, 4) is 0 Å². The number of benzene rings is 1. The molecule has 1 heterocycles. The zero-order valence-electron chi connectivity index (χ0n) is 22.5. The van der Waals surface area contributed by atoms with E-state index >= 15 is 0 Å². The standard InChI is InChI=1S/C29H38O9/c1-15-18(31)13-29(35)24(37-25(34)17-9-7-6-8-10-17)23-27(5,12-19(32)22(15)26(29,3)4)20(33)11-21-28(23,14-36-21)38-16(2)30/h6-10,18-21,23-24,31-33,35H,11-14H2,1-5H3. The van der Waals surface area contributed by atoms with Gasteiger partial charge in [-0.3, -0.25) is 4.79 Å². The zero-order chi connectivity index (χ0) is 27.8. The third kappa shape index (κ3) is 3.63. The SMILES string of the molecule is CC(=O)OC12COC1CC(O)C1(C)CC(O)C3=C(C)C(O)CC(O)(C(OC(=O)c4ccccc4)C12)C3(C)C. The van der Waals surface area contributed by atoms with Gasteiger partial charge in [-0.15, -0.1) is 0 Å². The van der Waals surface area contributed by atoms with E-state index in [4.69, 9.17) is 14.2 Å². The number of aliphatic hydroxyl groups excluding tert-OH is 3. The van der Waals surface area contributed by atoms with Crippen LogP contribution in [0.5, 0.6) is 0 Å². The van der Waals surface area contributed by atoms with Gasteiger partial charge in [-0.1, -0.05) is 39.0 Å². The van der Waals surface area contributed by atoms with Crippen molar-refractivity contribution >= 4 is 11.9 Å². The highest BCUT2D eigenvalue weighted by molar-refractivity contribution is 5.89. The van der Waals surface area contributed by atoms with E-state index in [1.165, 1.54) is 6.92 Å². The minimum Gasteiger partial charge on any atom is -0.455 e. The molecule has 2 saturated carbocycles. The van der Waals surface area contributed by atoms with Gasteiger partial charge in [-0.05, 0) is 36.6 Å². The summed E-state index contributed by atoms with van der Waals surface area (Å²) in [7, 11) is 0. The van der Waals surface area contributed by atoms with Crippen molar-refractivity contribution < 1.29 is 44.2 Å². The molecule has 208 valence electrons. The van der Waals surface area contributed by atoms with Gasteiger partial charge < -0.3 is 34.6 Å². The number of esters is 2. The first kappa shape index (κ1) is 27.3. The highest BCUT2D eigenvalue weighted by Gasteiger charge is 2.75. The topological polar surface area (TPSA) is 143 Å². The van der Waals surface area contributed by atoms with Crippen LogP contribution in [0.4, 0.5) is 0 Å². The largest absolute Gasteiger partial charge is 0.455 e. The Morgan fingerprint density at radius 2 is 1.68 bits per heavy atom. The summed E-state index contributed by atoms with van der Waals surface area (Å²) in [5, 5.41) is 46.9. The average Bonchev–Trinajstić information content (AvgIpc) is 2.83. The van der Waals surface area contributed by atoms with Gasteiger partial charge in [0.1, 0.15) is 17.8 Å². The molecular weight excluding hydrogens is 492 g/mol. The number of fused-ring (bicyclic) bond motifs is 5. The second-order valence-electron chi connectivity index (χ2n) is 12.4. The van der Waals surface area contributed by atoms with Crippen molar-refractivity contribution in [2.45, 2.75) is 95.6 Å². The maximum Gasteiger partial charge on any atom is 0.338 e. The summed E-state index contributed by atoms with van der Waals surface area (Å²) in [6, 6.07) is 8.36. The van der Waals surface area contributed by atoms with Crippen molar-refractivity contribution in [1.82, 2.24) is 0 Å². The Bertz CT molecular complexity index is 1160. The molecule has 4 N–H and O–H groups in total. The van der Waals surface area contributed by atoms with E-state index in [9.17, 15) is 30.0 Å². The van der Waals surface area contributed by atoms with Gasteiger partial charge in [0.15, 0.2) is 5.60 Å². The quantitative estimate of drug-likeness (QED) is 0.340. The summed E-state index contributed by atoms with van der Waals surface area (Å²) in [5.41, 5.74) is -4.25. The van der Waals surface area contributed by atoms with E-state index in [1.54, 1.807) is 58.0 Å². The highest BCUT2D eigenvalue weighted by atomic mass is 16.6. The van der Waals surface area contributed by atoms with Crippen molar-refractivity contribution in [2.24, 2.45) is 16.7 Å². The van der Waals surface area contributed by atoms with Gasteiger partial charge in [0.2, 0.25) is 0 Å². The van der Waals surface area contributed by atoms with E-state index in [2.05, 4.69) is 0 Å². The van der Waals surface area contributed by atoms with Crippen molar-refractivity contribution in [1.29, 1.82) is 0 Å². The van der Waals surface area contributed by atoms with Gasteiger partial charge in [-0.25, -0.2) is 4.79 Å². The van der Waals surface area contributed by atoms with Crippen LogP contribution in [0.1, 0.15) is 64.2 Å². The molecule has 1 saturated heterocycles. The Balaban J connectivity index is 1.77. The van der Waals surface area contributed by atoms with Crippen LogP contribution >= 0.6 is 0 Å². The van der Waals surface area contributed by atoms with E-state index in [0.29, 0.717) is 11.1 Å². The molecule has 1 aromatic carbocycles. The number of carbonyl (C=O) groups is 2. The number of carbonyl (C=O) groups excluding carboxylic acids is 2. The molecule has 3 aliphatic carbocycles. The van der Waals surface area contributed by atoms with E-state index in [0.717, 1.165) is 0 Å². The van der Waals surface area contributed by atoms with E-state index < -0.39 is 70.4 Å². The summed E-state index contributed by atoms with van der Waals surface area (Å²) < 4.78 is 18.0. The van der Waals surface area contributed by atoms with Gasteiger partial charge in [-0.2, -0.15) is 0 Å². The van der Waals surface area contributed by atoms with Crippen molar-refractivity contribution in [2.75, 3.05) is 6.61 Å². The Morgan fingerprint density at radius 1 is 1.03 bits per heavy atom. The number of aliphatic hydroxyl groups is 4. The van der Waals surface area contributed by atoms with Crippen LogP contribution in [-0.2, 0) is 19.0 Å². The fraction of sp³-hybridized carbons (Fsp3) is 0.655. The lowest BCUT2D eigenvalue weighted by atomic mass is 9.45. The molecule has 1 aromatic rings. The average molecular weight is 531 g/mol. The summed E-state index contributed by atoms with van der Waals surface area (Å²) in [6.45, 7) is 8.30. The highest BCUT2D eigenvalue weighted by Crippen LogP contribution is 2.64. The number of rotatable bonds is 3. The monoisotopic (exact) mass is 530 g/mol. The molecule has 0 amide bonds. The van der Waals surface area contributed by atoms with Gasteiger partial charge in [0.05, 0.1) is 36.4 Å². The maximum atomic E-state index is 13.6. The molecule has 38 heavy (non-hydrogen) atoms. The van der Waals surface area contributed by atoms with Crippen LogP contribution in [0.3, 0.4) is 0 Å². The summed E-state index contributed by atoms with van der Waals surface area (Å²) in [5.74, 6) is -2.22. The van der Waals surface area contributed by atoms with Crippen LogP contribution in [0.2, 0.25) is 0 Å². The molecule has 9 heteroatoms. The first-order chi connectivity index (χ1) is 17.7. The van der Waals surface area contributed by atoms with E-state index in [1.807, 2.05) is 0 Å². The molecule has 4 aliphatic rings. The number of ether oxygens (including phenoxy) is 3. The molecule has 9 nitrogen and oxygen atoms in total. The number of hydrogen-bond acceptors (Lipinski definition) is 9. The normalized spacial score (nSPS) is 43.5. The summed E-state index contributed by atoms with van der Waals surface area (Å²) >= 11 is 0. The molecule has 5 rings (SSSR count). The molecule has 0 spiro atoms. The van der Waals surface area contributed by atoms with Crippen LogP contribution < -0.4 is 0 Å². The fourth-order valence-corrected chi connectivity index (χ4v) is 7.93. The van der Waals surface area contributed by atoms with Crippen LogP contribution in [0, 0.1) is 16.7 Å². The third-order valence-electron chi connectivity index (χ3n) is 9.99. The molecule has 3 fully saturated rings. The predicted octanol–water partition coefficient (Wildman–Crippen LogP) is 1.90. The van der Waals surface area contributed by atoms with Crippen LogP contribution in [-0.4, -0.2) is 80.7 Å². The Kier molecular flexibility index (Phi) is 6.36. The Labute approximate surface area is 222 Å². The lowest BCUT2D eigenvalue weighted by molar-refractivity contribution is -0.354. The maximum absolute atomic E-state index is 13.6. The lowest BCUT2D eigenvalue weighted by Gasteiger charge is -2.68. The van der Waals surface area contributed by atoms with Gasteiger partial charge >= 0.3 is 11.9 Å². The summed E-state index contributed by atoms with van der Waals surface area (Å²) in [6.07, 6.45) is -5.27. The third-order valence-corrected chi connectivity index (χ3v) is 9.99.